The van der Waals surface area contributed by atoms with Crippen LogP contribution in [0.5, 0.6) is 0 Å². The first kappa shape index (κ1) is 5.72. The molecule has 1 saturated heterocycles. The molecule has 0 radical (unpaired) electrons. The maximum Gasteiger partial charge on any atom is 0.0307 e. The summed E-state index contributed by atoms with van der Waals surface area (Å²) >= 11 is 0. The molecule has 52 valence electrons. The maximum atomic E-state index is 3.47. The van der Waals surface area contributed by atoms with E-state index in [1.807, 2.05) is 0 Å². The summed E-state index contributed by atoms with van der Waals surface area (Å²) in [6.45, 7) is 3.68. The van der Waals surface area contributed by atoms with Crippen molar-refractivity contribution in [2.75, 3.05) is 6.54 Å². The SMILES string of the molecule is CC1CCC2(CC1)CN2. The number of nitrogens with one attached hydrogen (secondary N) is 1. The molecule has 0 aromatic heterocycles. The van der Waals surface area contributed by atoms with E-state index in [-0.39, 0.29) is 0 Å². The smallest absolute Gasteiger partial charge is 0.0307 e. The highest BCUT2D eigenvalue weighted by molar-refractivity contribution is 5.05. The predicted molar refractivity (Wildman–Crippen MR) is 38.4 cm³/mol. The highest BCUT2D eigenvalue weighted by Crippen LogP contribution is 2.37. The van der Waals surface area contributed by atoms with Crippen LogP contribution in [0, 0.1) is 5.92 Å². The lowest BCUT2D eigenvalue weighted by atomic mass is 9.83. The van der Waals surface area contributed by atoms with Crippen LogP contribution in [0.2, 0.25) is 0 Å². The van der Waals surface area contributed by atoms with Crippen LogP contribution in [-0.4, -0.2) is 12.1 Å². The Morgan fingerprint density at radius 3 is 2.33 bits per heavy atom. The summed E-state index contributed by atoms with van der Waals surface area (Å²) in [6.07, 6.45) is 5.78. The zero-order chi connectivity index (χ0) is 6.32. The quantitative estimate of drug-likeness (QED) is 0.487. The molecule has 1 saturated carbocycles. The molecule has 1 aliphatic heterocycles. The van der Waals surface area contributed by atoms with Crippen molar-refractivity contribution in [3.05, 3.63) is 0 Å². The van der Waals surface area contributed by atoms with Gasteiger partial charge in [0.1, 0.15) is 0 Å². The summed E-state index contributed by atoms with van der Waals surface area (Å²) in [5.41, 5.74) is 0.659. The lowest BCUT2D eigenvalue weighted by molar-refractivity contribution is 0.326. The molecular weight excluding hydrogens is 110 g/mol. The van der Waals surface area contributed by atoms with Crippen molar-refractivity contribution in [2.45, 2.75) is 38.1 Å². The molecule has 9 heavy (non-hydrogen) atoms. The van der Waals surface area contributed by atoms with Crippen LogP contribution < -0.4 is 5.32 Å². The Kier molecular flexibility index (Phi) is 1.10. The first-order valence-electron chi connectivity index (χ1n) is 4.06. The molecule has 0 atom stereocenters. The fourth-order valence-electron chi connectivity index (χ4n) is 1.79. The monoisotopic (exact) mass is 125 g/mol. The van der Waals surface area contributed by atoms with Gasteiger partial charge in [0.15, 0.2) is 0 Å². The van der Waals surface area contributed by atoms with E-state index in [4.69, 9.17) is 0 Å². The molecule has 2 fully saturated rings. The van der Waals surface area contributed by atoms with E-state index >= 15 is 0 Å². The van der Waals surface area contributed by atoms with Gasteiger partial charge in [-0.15, -0.1) is 0 Å². The largest absolute Gasteiger partial charge is 0.308 e. The van der Waals surface area contributed by atoms with Crippen LogP contribution >= 0.6 is 0 Å². The Morgan fingerprint density at radius 2 is 1.89 bits per heavy atom. The van der Waals surface area contributed by atoms with Gasteiger partial charge in [-0.3, -0.25) is 0 Å². The highest BCUT2D eigenvalue weighted by atomic mass is 15.2. The van der Waals surface area contributed by atoms with Gasteiger partial charge in [-0.1, -0.05) is 6.92 Å². The molecule has 1 heterocycles. The van der Waals surface area contributed by atoms with Crippen molar-refractivity contribution in [1.29, 1.82) is 0 Å². The van der Waals surface area contributed by atoms with E-state index in [0.29, 0.717) is 5.54 Å². The fourth-order valence-corrected chi connectivity index (χ4v) is 1.79. The summed E-state index contributed by atoms with van der Waals surface area (Å²) in [4.78, 5) is 0. The maximum absolute atomic E-state index is 3.47. The van der Waals surface area contributed by atoms with Gasteiger partial charge in [0.05, 0.1) is 0 Å². The zero-order valence-corrected chi connectivity index (χ0v) is 6.11. The normalized spacial score (nSPS) is 49.7. The average molecular weight is 125 g/mol. The molecule has 1 nitrogen and oxygen atoms in total. The molecule has 1 spiro atoms. The minimum absolute atomic E-state index is 0.659. The number of hydrogen-bond donors (Lipinski definition) is 1. The fraction of sp³-hybridized carbons (Fsp3) is 1.00. The first-order valence-corrected chi connectivity index (χ1v) is 4.06. The molecule has 1 aliphatic carbocycles. The standard InChI is InChI=1S/C8H15N/c1-7-2-4-8(5-3-7)6-9-8/h7,9H,2-6H2,1H3. The third-order valence-electron chi connectivity index (χ3n) is 2.91. The van der Waals surface area contributed by atoms with Crippen LogP contribution in [0.1, 0.15) is 32.6 Å². The van der Waals surface area contributed by atoms with Crippen LogP contribution in [0.15, 0.2) is 0 Å². The van der Waals surface area contributed by atoms with E-state index in [0.717, 1.165) is 5.92 Å². The van der Waals surface area contributed by atoms with Crippen molar-refractivity contribution < 1.29 is 0 Å². The highest BCUT2D eigenvalue weighted by Gasteiger charge is 2.43. The minimum atomic E-state index is 0.659. The van der Waals surface area contributed by atoms with Gasteiger partial charge < -0.3 is 5.32 Å². The lowest BCUT2D eigenvalue weighted by Gasteiger charge is -2.24. The van der Waals surface area contributed by atoms with Crippen molar-refractivity contribution in [3.63, 3.8) is 0 Å². The molecule has 0 aromatic rings. The van der Waals surface area contributed by atoms with Crippen molar-refractivity contribution >= 4 is 0 Å². The Morgan fingerprint density at radius 1 is 1.33 bits per heavy atom. The van der Waals surface area contributed by atoms with E-state index < -0.39 is 0 Å². The summed E-state index contributed by atoms with van der Waals surface area (Å²) in [5.74, 6) is 0.998. The van der Waals surface area contributed by atoms with Crippen molar-refractivity contribution in [3.8, 4) is 0 Å². The van der Waals surface area contributed by atoms with Crippen LogP contribution in [0.4, 0.5) is 0 Å². The third kappa shape index (κ3) is 0.983. The summed E-state index contributed by atoms with van der Waals surface area (Å²) in [6, 6.07) is 0. The topological polar surface area (TPSA) is 21.9 Å². The molecule has 2 rings (SSSR count). The van der Waals surface area contributed by atoms with E-state index in [1.54, 1.807) is 0 Å². The van der Waals surface area contributed by atoms with Crippen molar-refractivity contribution in [1.82, 2.24) is 5.32 Å². The van der Waals surface area contributed by atoms with Crippen molar-refractivity contribution in [2.24, 2.45) is 5.92 Å². The lowest BCUT2D eigenvalue weighted by Crippen LogP contribution is -2.22. The van der Waals surface area contributed by atoms with Crippen LogP contribution in [0.25, 0.3) is 0 Å². The molecule has 0 bridgehead atoms. The first-order chi connectivity index (χ1) is 4.31. The summed E-state index contributed by atoms with van der Waals surface area (Å²) < 4.78 is 0. The van der Waals surface area contributed by atoms with Crippen LogP contribution in [0.3, 0.4) is 0 Å². The second-order valence-corrected chi connectivity index (χ2v) is 3.82. The molecule has 0 unspecified atom stereocenters. The molecule has 2 aliphatic rings. The third-order valence-corrected chi connectivity index (χ3v) is 2.91. The average Bonchev–Trinajstić information content (AvgIpc) is 2.60. The van der Waals surface area contributed by atoms with Gasteiger partial charge in [0.25, 0.3) is 0 Å². The summed E-state index contributed by atoms with van der Waals surface area (Å²) in [5, 5.41) is 3.47. The van der Waals surface area contributed by atoms with Gasteiger partial charge in [0.2, 0.25) is 0 Å². The molecule has 0 aromatic carbocycles. The van der Waals surface area contributed by atoms with Gasteiger partial charge in [0, 0.05) is 12.1 Å². The van der Waals surface area contributed by atoms with Gasteiger partial charge >= 0.3 is 0 Å². The number of hydrogen-bond acceptors (Lipinski definition) is 1. The van der Waals surface area contributed by atoms with Gasteiger partial charge in [-0.25, -0.2) is 0 Å². The van der Waals surface area contributed by atoms with E-state index in [2.05, 4.69) is 12.2 Å². The molecule has 1 N–H and O–H groups in total. The Labute approximate surface area is 56.8 Å². The second kappa shape index (κ2) is 1.72. The Balaban J connectivity index is 1.91. The Hall–Kier alpha value is -0.0400. The van der Waals surface area contributed by atoms with Crippen LogP contribution in [-0.2, 0) is 0 Å². The summed E-state index contributed by atoms with van der Waals surface area (Å²) in [7, 11) is 0. The molecular formula is C8H15N. The minimum Gasteiger partial charge on any atom is -0.308 e. The predicted octanol–water partition coefficient (Wildman–Crippen LogP) is 1.54. The van der Waals surface area contributed by atoms with E-state index in [9.17, 15) is 0 Å². The van der Waals surface area contributed by atoms with E-state index in [1.165, 1.54) is 32.2 Å². The second-order valence-electron chi connectivity index (χ2n) is 3.82. The Bertz CT molecular complexity index is 106. The zero-order valence-electron chi connectivity index (χ0n) is 6.11. The molecule has 1 heteroatoms. The van der Waals surface area contributed by atoms with Gasteiger partial charge in [-0.2, -0.15) is 0 Å². The van der Waals surface area contributed by atoms with Gasteiger partial charge in [-0.05, 0) is 31.6 Å². The number of rotatable bonds is 0. The molecule has 0 amide bonds.